The average molecular weight is 463 g/mol. The van der Waals surface area contributed by atoms with Crippen molar-refractivity contribution >= 4 is 33.3 Å². The standard InChI is InChI=1S/C23H18N4O3S2/c1-29-17-9-7-15(8-10-17)13-27-22(28)20-18(11-12-31-20)24-23(27)32-14-19-25-21(26-30-19)16-5-3-2-4-6-16/h2-12H,13-14H2,1H3. The highest BCUT2D eigenvalue weighted by Crippen LogP contribution is 2.25. The highest BCUT2D eigenvalue weighted by molar-refractivity contribution is 7.98. The van der Waals surface area contributed by atoms with Gasteiger partial charge < -0.3 is 9.26 Å². The summed E-state index contributed by atoms with van der Waals surface area (Å²) in [4.78, 5) is 22.4. The van der Waals surface area contributed by atoms with E-state index in [9.17, 15) is 4.79 Å². The molecule has 0 saturated heterocycles. The number of nitrogens with zero attached hydrogens (tertiary/aromatic N) is 4. The molecule has 0 spiro atoms. The van der Waals surface area contributed by atoms with Crippen LogP contribution in [0, 0.1) is 0 Å². The molecule has 0 radical (unpaired) electrons. The van der Waals surface area contributed by atoms with E-state index in [2.05, 4.69) is 10.1 Å². The Balaban J connectivity index is 1.43. The van der Waals surface area contributed by atoms with Crippen molar-refractivity contribution in [3.8, 4) is 17.1 Å². The zero-order valence-corrected chi connectivity index (χ0v) is 18.7. The number of methoxy groups -OCH3 is 1. The number of fused-ring (bicyclic) bond motifs is 1. The Morgan fingerprint density at radius 3 is 2.66 bits per heavy atom. The summed E-state index contributed by atoms with van der Waals surface area (Å²) in [6.45, 7) is 0.408. The number of rotatable bonds is 7. The number of hydrogen-bond acceptors (Lipinski definition) is 8. The van der Waals surface area contributed by atoms with Crippen molar-refractivity contribution in [2.24, 2.45) is 0 Å². The first kappa shape index (κ1) is 20.5. The van der Waals surface area contributed by atoms with Gasteiger partial charge in [-0.15, -0.1) is 11.3 Å². The molecule has 2 aromatic carbocycles. The molecule has 32 heavy (non-hydrogen) atoms. The minimum Gasteiger partial charge on any atom is -0.497 e. The third-order valence-electron chi connectivity index (χ3n) is 4.86. The Morgan fingerprint density at radius 1 is 1.06 bits per heavy atom. The molecule has 7 nitrogen and oxygen atoms in total. The van der Waals surface area contributed by atoms with Gasteiger partial charge >= 0.3 is 0 Å². The van der Waals surface area contributed by atoms with Crippen molar-refractivity contribution in [2.45, 2.75) is 17.5 Å². The van der Waals surface area contributed by atoms with Crippen molar-refractivity contribution in [3.63, 3.8) is 0 Å². The SMILES string of the molecule is COc1ccc(Cn2c(SCc3nc(-c4ccccc4)no3)nc3ccsc3c2=O)cc1. The molecule has 0 unspecified atom stereocenters. The second-order valence-corrected chi connectivity index (χ2v) is 8.79. The Bertz CT molecular complexity index is 1410. The van der Waals surface area contributed by atoms with Gasteiger partial charge in [-0.1, -0.05) is 59.4 Å². The quantitative estimate of drug-likeness (QED) is 0.252. The van der Waals surface area contributed by atoms with Crippen LogP contribution in [0.1, 0.15) is 11.5 Å². The highest BCUT2D eigenvalue weighted by atomic mass is 32.2. The normalized spacial score (nSPS) is 11.2. The van der Waals surface area contributed by atoms with Gasteiger partial charge in [0.1, 0.15) is 10.4 Å². The molecule has 0 bridgehead atoms. The molecule has 0 aliphatic rings. The molecule has 0 N–H and O–H groups in total. The van der Waals surface area contributed by atoms with Gasteiger partial charge in [-0.2, -0.15) is 4.98 Å². The van der Waals surface area contributed by atoms with Crippen molar-refractivity contribution in [2.75, 3.05) is 7.11 Å². The molecule has 0 saturated carbocycles. The molecular formula is C23H18N4O3S2. The maximum atomic E-state index is 13.2. The maximum absolute atomic E-state index is 13.2. The lowest BCUT2D eigenvalue weighted by atomic mass is 10.2. The van der Waals surface area contributed by atoms with Crippen molar-refractivity contribution < 1.29 is 9.26 Å². The molecule has 5 aromatic rings. The lowest BCUT2D eigenvalue weighted by Crippen LogP contribution is -2.23. The van der Waals surface area contributed by atoms with Gasteiger partial charge in [-0.05, 0) is 29.1 Å². The molecule has 3 heterocycles. The van der Waals surface area contributed by atoms with E-state index < -0.39 is 0 Å². The lowest BCUT2D eigenvalue weighted by Gasteiger charge is -2.12. The minimum atomic E-state index is -0.0566. The first-order valence-electron chi connectivity index (χ1n) is 9.83. The lowest BCUT2D eigenvalue weighted by molar-refractivity contribution is 0.391. The van der Waals surface area contributed by atoms with Crippen LogP contribution in [0.25, 0.3) is 21.6 Å². The first-order chi connectivity index (χ1) is 15.7. The van der Waals surface area contributed by atoms with Crippen LogP contribution in [0.3, 0.4) is 0 Å². The van der Waals surface area contributed by atoms with Crippen molar-refractivity contribution in [1.82, 2.24) is 19.7 Å². The van der Waals surface area contributed by atoms with E-state index in [1.54, 1.807) is 11.7 Å². The van der Waals surface area contributed by atoms with Crippen LogP contribution in [0.4, 0.5) is 0 Å². The molecular weight excluding hydrogens is 444 g/mol. The molecule has 0 aliphatic carbocycles. The molecule has 9 heteroatoms. The predicted molar refractivity (Wildman–Crippen MR) is 125 cm³/mol. The fraction of sp³-hybridized carbons (Fsp3) is 0.130. The van der Waals surface area contributed by atoms with Crippen LogP contribution in [-0.2, 0) is 12.3 Å². The summed E-state index contributed by atoms with van der Waals surface area (Å²) in [5.74, 6) is 2.19. The Kier molecular flexibility index (Phi) is 5.74. The summed E-state index contributed by atoms with van der Waals surface area (Å²) in [6.07, 6.45) is 0. The Labute approximate surface area is 191 Å². The summed E-state index contributed by atoms with van der Waals surface area (Å²) in [6, 6.07) is 19.2. The van der Waals surface area contributed by atoms with Gasteiger partial charge in [-0.25, -0.2) is 4.98 Å². The third-order valence-corrected chi connectivity index (χ3v) is 6.71. The number of benzene rings is 2. The molecule has 3 aromatic heterocycles. The van der Waals surface area contributed by atoms with Gasteiger partial charge in [0, 0.05) is 5.56 Å². The zero-order chi connectivity index (χ0) is 21.9. The monoisotopic (exact) mass is 462 g/mol. The number of thioether (sulfide) groups is 1. The van der Waals surface area contributed by atoms with Crippen LogP contribution in [0.15, 0.2) is 80.5 Å². The largest absolute Gasteiger partial charge is 0.497 e. The van der Waals surface area contributed by atoms with E-state index in [1.807, 2.05) is 66.0 Å². The Hall–Kier alpha value is -3.43. The molecule has 0 atom stereocenters. The summed E-state index contributed by atoms with van der Waals surface area (Å²) in [7, 11) is 1.63. The molecule has 160 valence electrons. The fourth-order valence-electron chi connectivity index (χ4n) is 3.23. The van der Waals surface area contributed by atoms with Crippen LogP contribution >= 0.6 is 23.1 Å². The highest BCUT2D eigenvalue weighted by Gasteiger charge is 2.15. The summed E-state index contributed by atoms with van der Waals surface area (Å²) < 4.78 is 13.0. The van der Waals surface area contributed by atoms with E-state index in [1.165, 1.54) is 23.1 Å². The smallest absolute Gasteiger partial charge is 0.272 e. The number of aromatic nitrogens is 4. The summed E-state index contributed by atoms with van der Waals surface area (Å²) in [5, 5.41) is 6.56. The summed E-state index contributed by atoms with van der Waals surface area (Å²) in [5.41, 5.74) is 2.51. The zero-order valence-electron chi connectivity index (χ0n) is 17.1. The predicted octanol–water partition coefficient (Wildman–Crippen LogP) is 4.86. The van der Waals surface area contributed by atoms with Crippen molar-refractivity contribution in [1.29, 1.82) is 0 Å². The van der Waals surface area contributed by atoms with E-state index >= 15 is 0 Å². The molecule has 0 aliphatic heterocycles. The fourth-order valence-corrected chi connectivity index (χ4v) is 4.85. The molecule has 0 fully saturated rings. The second-order valence-electron chi connectivity index (χ2n) is 6.94. The van der Waals surface area contributed by atoms with E-state index in [0.29, 0.717) is 39.4 Å². The van der Waals surface area contributed by atoms with Crippen LogP contribution in [0.5, 0.6) is 5.75 Å². The van der Waals surface area contributed by atoms with E-state index in [4.69, 9.17) is 14.2 Å². The minimum absolute atomic E-state index is 0.0566. The van der Waals surface area contributed by atoms with Gasteiger partial charge in [0.25, 0.3) is 5.56 Å². The number of hydrogen-bond donors (Lipinski definition) is 0. The van der Waals surface area contributed by atoms with Gasteiger partial charge in [0.2, 0.25) is 11.7 Å². The molecule has 0 amide bonds. The number of thiophene rings is 1. The third kappa shape index (κ3) is 4.17. The average Bonchev–Trinajstić information content (AvgIpc) is 3.51. The first-order valence-corrected chi connectivity index (χ1v) is 11.7. The maximum Gasteiger partial charge on any atom is 0.272 e. The van der Waals surface area contributed by atoms with Gasteiger partial charge in [0.15, 0.2) is 5.16 Å². The van der Waals surface area contributed by atoms with E-state index in [0.717, 1.165) is 16.9 Å². The number of ether oxygens (including phenoxy) is 1. The Morgan fingerprint density at radius 2 is 1.88 bits per heavy atom. The summed E-state index contributed by atoms with van der Waals surface area (Å²) >= 11 is 2.81. The molecule has 5 rings (SSSR count). The van der Waals surface area contributed by atoms with Crippen LogP contribution < -0.4 is 10.3 Å². The topological polar surface area (TPSA) is 83.0 Å². The second kappa shape index (κ2) is 8.97. The van der Waals surface area contributed by atoms with Gasteiger partial charge in [0.05, 0.1) is 24.9 Å². The van der Waals surface area contributed by atoms with Crippen LogP contribution in [-0.4, -0.2) is 26.8 Å². The van der Waals surface area contributed by atoms with Crippen LogP contribution in [0.2, 0.25) is 0 Å². The van der Waals surface area contributed by atoms with Crippen molar-refractivity contribution in [3.05, 3.63) is 87.9 Å². The van der Waals surface area contributed by atoms with Gasteiger partial charge in [-0.3, -0.25) is 9.36 Å². The van der Waals surface area contributed by atoms with E-state index in [-0.39, 0.29) is 5.56 Å².